The van der Waals surface area contributed by atoms with E-state index in [1.807, 2.05) is 20.0 Å². The molecule has 0 heterocycles. The Labute approximate surface area is 122 Å². The Balaban J connectivity index is 2.09. The van der Waals surface area contributed by atoms with Crippen molar-refractivity contribution in [3.8, 4) is 0 Å². The van der Waals surface area contributed by atoms with Gasteiger partial charge < -0.3 is 5.32 Å². The minimum Gasteiger partial charge on any atom is -0.312 e. The summed E-state index contributed by atoms with van der Waals surface area (Å²) in [6, 6.07) is 11.4. The quantitative estimate of drug-likeness (QED) is 0.824. The van der Waals surface area contributed by atoms with Crippen molar-refractivity contribution in [3.63, 3.8) is 0 Å². The number of hydrogen-bond acceptors (Lipinski definition) is 2. The molecule has 0 radical (unpaired) electrons. The number of halogens is 2. The predicted molar refractivity (Wildman–Crippen MR) is 80.1 cm³/mol. The van der Waals surface area contributed by atoms with Gasteiger partial charge in [-0.05, 0) is 44.3 Å². The predicted octanol–water partition coefficient (Wildman–Crippen LogP) is 4.33. The molecule has 2 rings (SSSR count). The SMILES string of the molecule is CNC(CSc1ccc(F)cc1)c1cc(C)ccc1F. The lowest BCUT2D eigenvalue weighted by molar-refractivity contribution is 0.565. The van der Waals surface area contributed by atoms with Crippen LogP contribution in [0.1, 0.15) is 17.2 Å². The average molecular weight is 293 g/mol. The summed E-state index contributed by atoms with van der Waals surface area (Å²) in [5.74, 6) is 0.238. The van der Waals surface area contributed by atoms with Crippen LogP contribution in [-0.2, 0) is 0 Å². The van der Waals surface area contributed by atoms with Gasteiger partial charge in [-0.3, -0.25) is 0 Å². The Kier molecular flexibility index (Phi) is 5.15. The first-order chi connectivity index (χ1) is 9.60. The van der Waals surface area contributed by atoms with Crippen LogP contribution in [0.3, 0.4) is 0 Å². The van der Waals surface area contributed by atoms with E-state index in [1.54, 1.807) is 30.0 Å². The van der Waals surface area contributed by atoms with E-state index in [2.05, 4.69) is 5.32 Å². The van der Waals surface area contributed by atoms with Gasteiger partial charge in [0.2, 0.25) is 0 Å². The second-order valence-electron chi connectivity index (χ2n) is 4.63. The number of aryl methyl sites for hydroxylation is 1. The van der Waals surface area contributed by atoms with Crippen LogP contribution >= 0.6 is 11.8 Å². The first kappa shape index (κ1) is 15.0. The Hall–Kier alpha value is -1.39. The van der Waals surface area contributed by atoms with Gasteiger partial charge >= 0.3 is 0 Å². The van der Waals surface area contributed by atoms with Crippen LogP contribution in [0.4, 0.5) is 8.78 Å². The summed E-state index contributed by atoms with van der Waals surface area (Å²) in [5, 5.41) is 3.13. The molecule has 0 saturated heterocycles. The highest BCUT2D eigenvalue weighted by molar-refractivity contribution is 7.99. The lowest BCUT2D eigenvalue weighted by Gasteiger charge is -2.17. The first-order valence-electron chi connectivity index (χ1n) is 6.42. The van der Waals surface area contributed by atoms with E-state index < -0.39 is 0 Å². The standard InChI is InChI=1S/C16H17F2NS/c1-11-3-8-15(18)14(9-11)16(19-2)10-20-13-6-4-12(17)5-7-13/h3-9,16,19H,10H2,1-2H3. The van der Waals surface area contributed by atoms with Crippen LogP contribution in [-0.4, -0.2) is 12.8 Å². The summed E-state index contributed by atoms with van der Waals surface area (Å²) in [4.78, 5) is 0.972. The molecule has 0 amide bonds. The molecule has 106 valence electrons. The van der Waals surface area contributed by atoms with Crippen molar-refractivity contribution in [1.29, 1.82) is 0 Å². The highest BCUT2D eigenvalue weighted by atomic mass is 32.2. The third kappa shape index (κ3) is 3.81. The first-order valence-corrected chi connectivity index (χ1v) is 7.40. The molecule has 0 fully saturated rings. The highest BCUT2D eigenvalue weighted by Gasteiger charge is 2.14. The Bertz CT molecular complexity index is 569. The zero-order valence-electron chi connectivity index (χ0n) is 11.5. The molecule has 1 unspecified atom stereocenters. The summed E-state index contributed by atoms with van der Waals surface area (Å²) in [6.45, 7) is 1.95. The third-order valence-corrected chi connectivity index (χ3v) is 4.21. The minimum atomic E-state index is -0.246. The smallest absolute Gasteiger partial charge is 0.128 e. The fraction of sp³-hybridized carbons (Fsp3) is 0.250. The minimum absolute atomic E-state index is 0.0787. The zero-order valence-corrected chi connectivity index (χ0v) is 12.3. The van der Waals surface area contributed by atoms with E-state index in [-0.39, 0.29) is 17.7 Å². The average Bonchev–Trinajstić information content (AvgIpc) is 2.45. The largest absolute Gasteiger partial charge is 0.312 e. The van der Waals surface area contributed by atoms with E-state index >= 15 is 0 Å². The number of hydrogen-bond donors (Lipinski definition) is 1. The van der Waals surface area contributed by atoms with Crippen molar-refractivity contribution < 1.29 is 8.78 Å². The Morgan fingerprint density at radius 1 is 1.10 bits per heavy atom. The number of benzene rings is 2. The number of rotatable bonds is 5. The van der Waals surface area contributed by atoms with Gasteiger partial charge in [0, 0.05) is 22.3 Å². The number of thioether (sulfide) groups is 1. The fourth-order valence-corrected chi connectivity index (χ4v) is 3.00. The molecule has 0 aliphatic rings. The maximum atomic E-state index is 13.9. The summed E-state index contributed by atoms with van der Waals surface area (Å²) in [7, 11) is 1.82. The molecule has 1 atom stereocenters. The third-order valence-electron chi connectivity index (χ3n) is 3.11. The molecular weight excluding hydrogens is 276 g/mol. The summed E-state index contributed by atoms with van der Waals surface area (Å²) < 4.78 is 26.7. The summed E-state index contributed by atoms with van der Waals surface area (Å²) in [5.41, 5.74) is 1.70. The van der Waals surface area contributed by atoms with Gasteiger partial charge in [0.05, 0.1) is 0 Å². The summed E-state index contributed by atoms with van der Waals surface area (Å²) >= 11 is 1.58. The van der Waals surface area contributed by atoms with Gasteiger partial charge in [-0.2, -0.15) is 0 Å². The molecule has 4 heteroatoms. The molecule has 1 nitrogen and oxygen atoms in total. The molecule has 0 aliphatic carbocycles. The van der Waals surface area contributed by atoms with E-state index in [0.717, 1.165) is 10.5 Å². The molecule has 0 spiro atoms. The van der Waals surface area contributed by atoms with Gasteiger partial charge in [-0.1, -0.05) is 17.7 Å². The van der Waals surface area contributed by atoms with Crippen LogP contribution in [0.5, 0.6) is 0 Å². The molecule has 0 aliphatic heterocycles. The van der Waals surface area contributed by atoms with Crippen LogP contribution in [0.25, 0.3) is 0 Å². The van der Waals surface area contributed by atoms with Gasteiger partial charge in [0.25, 0.3) is 0 Å². The molecule has 0 saturated carbocycles. The van der Waals surface area contributed by atoms with Crippen molar-refractivity contribution in [2.45, 2.75) is 17.9 Å². The second kappa shape index (κ2) is 6.86. The van der Waals surface area contributed by atoms with Gasteiger partial charge in [-0.15, -0.1) is 11.8 Å². The van der Waals surface area contributed by atoms with E-state index in [0.29, 0.717) is 11.3 Å². The monoisotopic (exact) mass is 293 g/mol. The highest BCUT2D eigenvalue weighted by Crippen LogP contribution is 2.26. The molecule has 0 aromatic heterocycles. The molecular formula is C16H17F2NS. The maximum Gasteiger partial charge on any atom is 0.128 e. The topological polar surface area (TPSA) is 12.0 Å². The van der Waals surface area contributed by atoms with Crippen LogP contribution in [0, 0.1) is 18.6 Å². The fourth-order valence-electron chi connectivity index (χ4n) is 1.97. The van der Waals surface area contributed by atoms with E-state index in [1.165, 1.54) is 18.2 Å². The molecule has 20 heavy (non-hydrogen) atoms. The van der Waals surface area contributed by atoms with Crippen molar-refractivity contribution in [1.82, 2.24) is 5.32 Å². The van der Waals surface area contributed by atoms with Gasteiger partial charge in [0.1, 0.15) is 11.6 Å². The normalized spacial score (nSPS) is 12.4. The lowest BCUT2D eigenvalue weighted by Crippen LogP contribution is -2.20. The molecule has 1 N–H and O–H groups in total. The number of nitrogens with one attached hydrogen (secondary N) is 1. The van der Waals surface area contributed by atoms with E-state index in [4.69, 9.17) is 0 Å². The van der Waals surface area contributed by atoms with Crippen molar-refractivity contribution in [2.75, 3.05) is 12.8 Å². The van der Waals surface area contributed by atoms with Crippen LogP contribution in [0.2, 0.25) is 0 Å². The van der Waals surface area contributed by atoms with Crippen LogP contribution < -0.4 is 5.32 Å². The van der Waals surface area contributed by atoms with Gasteiger partial charge in [-0.25, -0.2) is 8.78 Å². The van der Waals surface area contributed by atoms with Crippen LogP contribution in [0.15, 0.2) is 47.4 Å². The maximum absolute atomic E-state index is 13.9. The van der Waals surface area contributed by atoms with Crippen molar-refractivity contribution in [2.24, 2.45) is 0 Å². The zero-order chi connectivity index (χ0) is 14.5. The van der Waals surface area contributed by atoms with Crippen molar-refractivity contribution >= 4 is 11.8 Å². The molecule has 2 aromatic rings. The van der Waals surface area contributed by atoms with Crippen molar-refractivity contribution in [3.05, 3.63) is 65.2 Å². The van der Waals surface area contributed by atoms with E-state index in [9.17, 15) is 8.78 Å². The molecule has 2 aromatic carbocycles. The Morgan fingerprint density at radius 3 is 2.45 bits per heavy atom. The lowest BCUT2D eigenvalue weighted by atomic mass is 10.1. The second-order valence-corrected chi connectivity index (χ2v) is 5.72. The summed E-state index contributed by atoms with van der Waals surface area (Å²) in [6.07, 6.45) is 0. The Morgan fingerprint density at radius 2 is 1.80 bits per heavy atom. The molecule has 0 bridgehead atoms. The van der Waals surface area contributed by atoms with Gasteiger partial charge in [0.15, 0.2) is 0 Å².